The molecule has 0 spiro atoms. The van der Waals surface area contributed by atoms with Gasteiger partial charge < -0.3 is 19.5 Å². The van der Waals surface area contributed by atoms with Gasteiger partial charge in [-0.2, -0.15) is 0 Å². The largest absolute Gasteiger partial charge is 0.481 e. The molecule has 1 aliphatic heterocycles. The van der Waals surface area contributed by atoms with Crippen LogP contribution in [0.3, 0.4) is 0 Å². The first kappa shape index (κ1) is 13.0. The average molecular weight is 253 g/mol. The third-order valence-electron chi connectivity index (χ3n) is 2.98. The molecule has 0 radical (unpaired) electrons. The number of hydrogen-bond donors (Lipinski definition) is 1. The van der Waals surface area contributed by atoms with Crippen molar-refractivity contribution in [2.45, 2.75) is 25.4 Å². The highest BCUT2D eigenvalue weighted by Gasteiger charge is 2.17. The fourth-order valence-electron chi connectivity index (χ4n) is 2.03. The van der Waals surface area contributed by atoms with E-state index in [1.807, 2.05) is 0 Å². The number of ether oxygens (including phenoxy) is 3. The molecule has 0 aromatic carbocycles. The van der Waals surface area contributed by atoms with Crippen molar-refractivity contribution in [3.05, 3.63) is 11.9 Å². The molecular weight excluding hydrogens is 234 g/mol. The molecule has 2 rings (SSSR count). The molecule has 2 heterocycles. The second kappa shape index (κ2) is 6.51. The van der Waals surface area contributed by atoms with Gasteiger partial charge in [0.15, 0.2) is 0 Å². The summed E-state index contributed by atoms with van der Waals surface area (Å²) in [6, 6.07) is 0.369. The second-order valence-electron chi connectivity index (χ2n) is 4.17. The van der Waals surface area contributed by atoms with E-state index < -0.39 is 0 Å². The van der Waals surface area contributed by atoms with Gasteiger partial charge in [-0.15, -0.1) is 0 Å². The Kier molecular flexibility index (Phi) is 4.72. The zero-order valence-electron chi connectivity index (χ0n) is 10.8. The van der Waals surface area contributed by atoms with E-state index in [-0.39, 0.29) is 0 Å². The van der Waals surface area contributed by atoms with Crippen LogP contribution in [-0.2, 0) is 11.3 Å². The van der Waals surface area contributed by atoms with Gasteiger partial charge in [0.05, 0.1) is 26.4 Å². The van der Waals surface area contributed by atoms with Crippen LogP contribution in [0.5, 0.6) is 11.8 Å². The topological polar surface area (TPSA) is 65.5 Å². The molecule has 100 valence electrons. The fraction of sp³-hybridized carbons (Fsp3) is 0.667. The monoisotopic (exact) mass is 253 g/mol. The predicted octanol–water partition coefficient (Wildman–Crippen LogP) is 0.762. The van der Waals surface area contributed by atoms with Crippen molar-refractivity contribution in [2.75, 3.05) is 27.4 Å². The minimum Gasteiger partial charge on any atom is -0.481 e. The molecule has 0 amide bonds. The quantitative estimate of drug-likeness (QED) is 0.836. The van der Waals surface area contributed by atoms with Crippen LogP contribution in [0.1, 0.15) is 18.4 Å². The van der Waals surface area contributed by atoms with E-state index in [2.05, 4.69) is 15.3 Å². The van der Waals surface area contributed by atoms with Gasteiger partial charge in [-0.25, -0.2) is 9.97 Å². The molecule has 1 aromatic heterocycles. The number of methoxy groups -OCH3 is 2. The maximum absolute atomic E-state index is 5.43. The fourth-order valence-corrected chi connectivity index (χ4v) is 2.03. The number of nitrogens with zero attached hydrogens (tertiary/aromatic N) is 2. The second-order valence-corrected chi connectivity index (χ2v) is 4.17. The summed E-state index contributed by atoms with van der Waals surface area (Å²) in [5.41, 5.74) is 0.841. The van der Waals surface area contributed by atoms with Crippen LogP contribution < -0.4 is 14.8 Å². The van der Waals surface area contributed by atoms with E-state index in [1.54, 1.807) is 14.2 Å². The Balaban J connectivity index is 2.02. The Hall–Kier alpha value is -1.40. The van der Waals surface area contributed by atoms with Crippen molar-refractivity contribution >= 4 is 0 Å². The molecular formula is C12H19N3O3. The van der Waals surface area contributed by atoms with Gasteiger partial charge in [0.1, 0.15) is 6.33 Å². The van der Waals surface area contributed by atoms with Crippen molar-refractivity contribution < 1.29 is 14.2 Å². The Labute approximate surface area is 107 Å². The van der Waals surface area contributed by atoms with E-state index in [0.717, 1.165) is 31.6 Å². The first-order chi connectivity index (χ1) is 8.85. The van der Waals surface area contributed by atoms with Gasteiger partial charge in [0.2, 0.25) is 11.8 Å². The molecule has 1 fully saturated rings. The van der Waals surface area contributed by atoms with E-state index in [9.17, 15) is 0 Å². The lowest BCUT2D eigenvalue weighted by Gasteiger charge is -2.23. The highest BCUT2D eigenvalue weighted by molar-refractivity contribution is 5.34. The number of rotatable bonds is 5. The van der Waals surface area contributed by atoms with E-state index >= 15 is 0 Å². The highest BCUT2D eigenvalue weighted by Crippen LogP contribution is 2.23. The van der Waals surface area contributed by atoms with Crippen LogP contribution in [0.4, 0.5) is 0 Å². The van der Waals surface area contributed by atoms with Crippen LogP contribution in [0, 0.1) is 0 Å². The standard InChI is InChI=1S/C12H19N3O3/c1-16-11-10(12(17-2)15-8-14-11)6-13-9-4-3-5-18-7-9/h8-9,13H,3-7H2,1-2H3. The molecule has 1 saturated heterocycles. The third kappa shape index (κ3) is 3.08. The zero-order chi connectivity index (χ0) is 12.8. The zero-order valence-corrected chi connectivity index (χ0v) is 10.8. The summed E-state index contributed by atoms with van der Waals surface area (Å²) in [5.74, 6) is 1.09. The molecule has 0 aliphatic carbocycles. The van der Waals surface area contributed by atoms with Crippen LogP contribution >= 0.6 is 0 Å². The smallest absolute Gasteiger partial charge is 0.224 e. The maximum Gasteiger partial charge on any atom is 0.224 e. The first-order valence-corrected chi connectivity index (χ1v) is 6.08. The summed E-state index contributed by atoms with van der Waals surface area (Å²) in [5, 5.41) is 3.42. The minimum atomic E-state index is 0.369. The molecule has 6 heteroatoms. The molecule has 6 nitrogen and oxygen atoms in total. The molecule has 18 heavy (non-hydrogen) atoms. The van der Waals surface area contributed by atoms with Gasteiger partial charge in [0, 0.05) is 19.2 Å². The van der Waals surface area contributed by atoms with E-state index in [0.29, 0.717) is 24.3 Å². The predicted molar refractivity (Wildman–Crippen MR) is 65.8 cm³/mol. The normalized spacial score (nSPS) is 19.6. The highest BCUT2D eigenvalue weighted by atomic mass is 16.5. The summed E-state index contributed by atoms with van der Waals surface area (Å²) in [6.45, 7) is 2.22. The van der Waals surface area contributed by atoms with Gasteiger partial charge in [0.25, 0.3) is 0 Å². The van der Waals surface area contributed by atoms with E-state index in [4.69, 9.17) is 14.2 Å². The summed E-state index contributed by atoms with van der Waals surface area (Å²) in [4.78, 5) is 8.17. The van der Waals surface area contributed by atoms with Gasteiger partial charge >= 0.3 is 0 Å². The van der Waals surface area contributed by atoms with Crippen LogP contribution in [0.25, 0.3) is 0 Å². The average Bonchev–Trinajstić information content (AvgIpc) is 2.45. The Morgan fingerprint density at radius 3 is 2.61 bits per heavy atom. The molecule has 1 atom stereocenters. The SMILES string of the molecule is COc1ncnc(OC)c1CNC1CCCOC1. The van der Waals surface area contributed by atoms with Gasteiger partial charge in [-0.05, 0) is 12.8 Å². The Bertz CT molecular complexity index is 359. The molecule has 0 bridgehead atoms. The first-order valence-electron chi connectivity index (χ1n) is 6.08. The van der Waals surface area contributed by atoms with Gasteiger partial charge in [-0.3, -0.25) is 0 Å². The molecule has 0 saturated carbocycles. The lowest BCUT2D eigenvalue weighted by atomic mass is 10.1. The number of nitrogens with one attached hydrogen (secondary N) is 1. The number of hydrogen-bond acceptors (Lipinski definition) is 6. The van der Waals surface area contributed by atoms with Crippen molar-refractivity contribution in [2.24, 2.45) is 0 Å². The Morgan fingerprint density at radius 1 is 1.33 bits per heavy atom. The van der Waals surface area contributed by atoms with Crippen molar-refractivity contribution in [1.29, 1.82) is 0 Å². The lowest BCUT2D eigenvalue weighted by Crippen LogP contribution is -2.36. The Morgan fingerprint density at radius 2 is 2.06 bits per heavy atom. The summed E-state index contributed by atoms with van der Waals surface area (Å²) in [6.07, 6.45) is 3.65. The minimum absolute atomic E-state index is 0.369. The van der Waals surface area contributed by atoms with Crippen molar-refractivity contribution in [3.63, 3.8) is 0 Å². The van der Waals surface area contributed by atoms with Crippen LogP contribution in [0.2, 0.25) is 0 Å². The maximum atomic E-state index is 5.43. The third-order valence-corrected chi connectivity index (χ3v) is 2.98. The summed E-state index contributed by atoms with van der Waals surface area (Å²) in [7, 11) is 3.18. The van der Waals surface area contributed by atoms with Crippen molar-refractivity contribution in [1.82, 2.24) is 15.3 Å². The van der Waals surface area contributed by atoms with Gasteiger partial charge in [-0.1, -0.05) is 0 Å². The lowest BCUT2D eigenvalue weighted by molar-refractivity contribution is 0.0697. The van der Waals surface area contributed by atoms with Crippen LogP contribution in [-0.4, -0.2) is 43.4 Å². The molecule has 1 unspecified atom stereocenters. The summed E-state index contributed by atoms with van der Waals surface area (Å²) < 4.78 is 15.9. The number of aromatic nitrogens is 2. The van der Waals surface area contributed by atoms with Crippen molar-refractivity contribution in [3.8, 4) is 11.8 Å². The van der Waals surface area contributed by atoms with Crippen LogP contribution in [0.15, 0.2) is 6.33 Å². The summed E-state index contributed by atoms with van der Waals surface area (Å²) >= 11 is 0. The molecule has 1 N–H and O–H groups in total. The molecule has 1 aromatic rings. The van der Waals surface area contributed by atoms with E-state index in [1.165, 1.54) is 6.33 Å². The molecule has 1 aliphatic rings.